The van der Waals surface area contributed by atoms with Crippen molar-refractivity contribution in [2.24, 2.45) is 0 Å². The van der Waals surface area contributed by atoms with E-state index in [2.05, 4.69) is 10.3 Å². The molecule has 0 atom stereocenters. The number of nitrogens with one attached hydrogen (secondary N) is 1. The second kappa shape index (κ2) is 6.15. The van der Waals surface area contributed by atoms with Gasteiger partial charge in [-0.05, 0) is 42.0 Å². The van der Waals surface area contributed by atoms with E-state index < -0.39 is 17.2 Å². The van der Waals surface area contributed by atoms with Crippen LogP contribution in [0.2, 0.25) is 0 Å². The SMILES string of the molecule is O=c1oc2ccccc2c2c1C(c1ccncc1)c1c(c3ccccc3oc1=O)N2. The first-order chi connectivity index (χ1) is 14.7. The van der Waals surface area contributed by atoms with Crippen LogP contribution in [0, 0.1) is 0 Å². The summed E-state index contributed by atoms with van der Waals surface area (Å²) in [5, 5.41) is 4.92. The van der Waals surface area contributed by atoms with E-state index >= 15 is 0 Å². The number of nitrogens with zero attached hydrogens (tertiary/aromatic N) is 1. The van der Waals surface area contributed by atoms with Gasteiger partial charge in [-0.2, -0.15) is 0 Å². The molecule has 0 bridgehead atoms. The predicted molar refractivity (Wildman–Crippen MR) is 113 cm³/mol. The van der Waals surface area contributed by atoms with E-state index in [0.717, 1.165) is 16.3 Å². The van der Waals surface area contributed by atoms with Crippen LogP contribution in [0.4, 0.5) is 11.4 Å². The molecule has 1 aliphatic rings. The number of hydrogen-bond donors (Lipinski definition) is 1. The van der Waals surface area contributed by atoms with Gasteiger partial charge >= 0.3 is 11.3 Å². The predicted octanol–water partition coefficient (Wildman–Crippen LogP) is 4.53. The highest BCUT2D eigenvalue weighted by molar-refractivity contribution is 6.02. The number of rotatable bonds is 1. The van der Waals surface area contributed by atoms with Gasteiger partial charge in [-0.1, -0.05) is 24.3 Å². The Bertz CT molecular complexity index is 1470. The standard InChI is InChI=1S/C24H14N2O4/c27-23-19-18(13-9-11-25-12-10-13)20-22(15-6-2-4-8-17(15)30-24(20)28)26-21(19)14-5-1-3-7-16(14)29-23/h1-12,18,26H. The van der Waals surface area contributed by atoms with Crippen LogP contribution in [0.25, 0.3) is 21.9 Å². The van der Waals surface area contributed by atoms with Crippen LogP contribution < -0.4 is 16.6 Å². The highest BCUT2D eigenvalue weighted by atomic mass is 16.4. The van der Waals surface area contributed by atoms with Gasteiger partial charge in [0.05, 0.1) is 28.4 Å². The zero-order chi connectivity index (χ0) is 20.2. The number of para-hydroxylation sites is 2. The van der Waals surface area contributed by atoms with Crippen LogP contribution in [0.5, 0.6) is 0 Å². The monoisotopic (exact) mass is 394 g/mol. The van der Waals surface area contributed by atoms with Gasteiger partial charge in [0.2, 0.25) is 0 Å². The van der Waals surface area contributed by atoms with Crippen molar-refractivity contribution < 1.29 is 8.83 Å². The van der Waals surface area contributed by atoms with E-state index in [-0.39, 0.29) is 0 Å². The van der Waals surface area contributed by atoms with E-state index in [1.807, 2.05) is 36.4 Å². The number of aromatic nitrogens is 1. The zero-order valence-corrected chi connectivity index (χ0v) is 15.6. The lowest BCUT2D eigenvalue weighted by molar-refractivity contribution is 0.535. The minimum absolute atomic E-state index is 0.384. The van der Waals surface area contributed by atoms with E-state index in [0.29, 0.717) is 33.7 Å². The highest BCUT2D eigenvalue weighted by Crippen LogP contribution is 2.46. The van der Waals surface area contributed by atoms with Gasteiger partial charge in [-0.15, -0.1) is 0 Å². The Balaban J connectivity index is 1.81. The molecule has 1 aliphatic heterocycles. The number of benzene rings is 2. The fourth-order valence-electron chi connectivity index (χ4n) is 4.28. The first-order valence-corrected chi connectivity index (χ1v) is 9.51. The largest absolute Gasteiger partial charge is 0.422 e. The minimum Gasteiger partial charge on any atom is -0.422 e. The second-order valence-corrected chi connectivity index (χ2v) is 7.19. The lowest BCUT2D eigenvalue weighted by Crippen LogP contribution is -2.27. The molecule has 0 radical (unpaired) electrons. The van der Waals surface area contributed by atoms with Gasteiger partial charge < -0.3 is 14.2 Å². The Kier molecular flexibility index (Phi) is 3.43. The lowest BCUT2D eigenvalue weighted by Gasteiger charge is -2.28. The van der Waals surface area contributed by atoms with Crippen LogP contribution in [0.1, 0.15) is 22.6 Å². The van der Waals surface area contributed by atoms with Crippen LogP contribution in [-0.4, -0.2) is 4.98 Å². The van der Waals surface area contributed by atoms with Gasteiger partial charge in [0.25, 0.3) is 0 Å². The summed E-state index contributed by atoms with van der Waals surface area (Å²) in [6.07, 6.45) is 3.28. The molecule has 30 heavy (non-hydrogen) atoms. The van der Waals surface area contributed by atoms with Crippen LogP contribution in [0.15, 0.2) is 91.5 Å². The number of fused-ring (bicyclic) bond motifs is 6. The van der Waals surface area contributed by atoms with Crippen LogP contribution in [-0.2, 0) is 0 Å². The first-order valence-electron chi connectivity index (χ1n) is 9.51. The summed E-state index contributed by atoms with van der Waals surface area (Å²) in [5.74, 6) is -0.638. The number of anilines is 2. The van der Waals surface area contributed by atoms with Gasteiger partial charge in [-0.25, -0.2) is 9.59 Å². The maximum Gasteiger partial charge on any atom is 0.342 e. The molecule has 0 unspecified atom stereocenters. The third-order valence-corrected chi connectivity index (χ3v) is 5.56. The van der Waals surface area contributed by atoms with Gasteiger partial charge in [0, 0.05) is 23.2 Å². The van der Waals surface area contributed by atoms with E-state index in [9.17, 15) is 9.59 Å². The Morgan fingerprint density at radius 2 is 1.20 bits per heavy atom. The molecule has 3 aromatic heterocycles. The topological polar surface area (TPSA) is 85.3 Å². The molecule has 0 aliphatic carbocycles. The van der Waals surface area contributed by atoms with Gasteiger partial charge in [0.15, 0.2) is 0 Å². The smallest absolute Gasteiger partial charge is 0.342 e. The third kappa shape index (κ3) is 2.27. The van der Waals surface area contributed by atoms with Gasteiger partial charge in [-0.3, -0.25) is 4.98 Å². The molecule has 6 heteroatoms. The normalized spacial score (nSPS) is 13.1. The quantitative estimate of drug-likeness (QED) is 0.412. The molecule has 6 nitrogen and oxygen atoms in total. The summed E-state index contributed by atoms with van der Waals surface area (Å²) in [6.45, 7) is 0. The van der Waals surface area contributed by atoms with Crippen molar-refractivity contribution in [2.75, 3.05) is 5.32 Å². The summed E-state index contributed by atoms with van der Waals surface area (Å²) in [4.78, 5) is 30.3. The van der Waals surface area contributed by atoms with Crippen LogP contribution >= 0.6 is 0 Å². The molecular weight excluding hydrogens is 380 g/mol. The molecule has 4 heterocycles. The molecule has 0 spiro atoms. The Morgan fingerprint density at radius 3 is 1.73 bits per heavy atom. The molecule has 0 amide bonds. The van der Waals surface area contributed by atoms with Crippen molar-refractivity contribution in [3.8, 4) is 0 Å². The van der Waals surface area contributed by atoms with Crippen molar-refractivity contribution in [3.63, 3.8) is 0 Å². The van der Waals surface area contributed by atoms with Crippen LogP contribution in [0.3, 0.4) is 0 Å². The Hall–Kier alpha value is -4.19. The van der Waals surface area contributed by atoms with E-state index in [1.165, 1.54) is 0 Å². The van der Waals surface area contributed by atoms with Gasteiger partial charge in [0.1, 0.15) is 11.2 Å². The molecule has 6 rings (SSSR count). The number of pyridine rings is 1. The first kappa shape index (κ1) is 16.7. The maximum atomic E-state index is 13.1. The maximum absolute atomic E-state index is 13.1. The summed E-state index contributed by atoms with van der Waals surface area (Å²) in [6, 6.07) is 18.3. The van der Waals surface area contributed by atoms with Crippen molar-refractivity contribution in [1.29, 1.82) is 0 Å². The second-order valence-electron chi connectivity index (χ2n) is 7.19. The third-order valence-electron chi connectivity index (χ3n) is 5.56. The summed E-state index contributed by atoms with van der Waals surface area (Å²) >= 11 is 0. The molecule has 0 saturated heterocycles. The fraction of sp³-hybridized carbons (Fsp3) is 0.0417. The molecule has 1 N–H and O–H groups in total. The summed E-state index contributed by atoms with van der Waals surface area (Å²) in [5.41, 5.74) is 2.81. The Morgan fingerprint density at radius 1 is 0.700 bits per heavy atom. The lowest BCUT2D eigenvalue weighted by atomic mass is 9.81. The highest BCUT2D eigenvalue weighted by Gasteiger charge is 2.36. The van der Waals surface area contributed by atoms with Crippen molar-refractivity contribution in [3.05, 3.63) is 111 Å². The van der Waals surface area contributed by atoms with Crippen molar-refractivity contribution in [1.82, 2.24) is 4.98 Å². The molecule has 0 saturated carbocycles. The van der Waals surface area contributed by atoms with E-state index in [4.69, 9.17) is 8.83 Å². The molecule has 144 valence electrons. The summed E-state index contributed by atoms with van der Waals surface area (Å²) in [7, 11) is 0. The average molecular weight is 394 g/mol. The van der Waals surface area contributed by atoms with Crippen molar-refractivity contribution >= 4 is 33.3 Å². The molecular formula is C24H14N2O4. The van der Waals surface area contributed by atoms with Crippen molar-refractivity contribution in [2.45, 2.75) is 5.92 Å². The van der Waals surface area contributed by atoms with E-state index in [1.54, 1.807) is 36.7 Å². The Labute approximate surface area is 169 Å². The summed E-state index contributed by atoms with van der Waals surface area (Å²) < 4.78 is 11.2. The molecule has 5 aromatic rings. The zero-order valence-electron chi connectivity index (χ0n) is 15.6. The fourth-order valence-corrected chi connectivity index (χ4v) is 4.28. The minimum atomic E-state index is -0.638. The average Bonchev–Trinajstić information content (AvgIpc) is 2.78. The molecule has 0 fully saturated rings. The number of hydrogen-bond acceptors (Lipinski definition) is 6. The molecule has 2 aromatic carbocycles.